The van der Waals surface area contributed by atoms with Crippen LogP contribution in [-0.4, -0.2) is 29.7 Å². The Morgan fingerprint density at radius 2 is 1.74 bits per heavy atom. The molecule has 0 bridgehead atoms. The van der Waals surface area contributed by atoms with Gasteiger partial charge in [0, 0.05) is 11.8 Å². The molecule has 1 aromatic rings. The molecule has 27 heavy (non-hydrogen) atoms. The monoisotopic (exact) mass is 389 g/mol. The first-order valence-corrected chi connectivity index (χ1v) is 11.1. The number of imide groups is 1. The lowest BCUT2D eigenvalue weighted by Gasteiger charge is -2.27. The molecule has 7 atom stereocenters. The Labute approximate surface area is 158 Å². The van der Waals surface area contributed by atoms with Gasteiger partial charge in [-0.05, 0) is 24.5 Å². The van der Waals surface area contributed by atoms with Crippen LogP contribution in [0.3, 0.4) is 0 Å². The molecule has 5 rings (SSSR count). The Morgan fingerprint density at radius 3 is 2.37 bits per heavy atom. The first-order chi connectivity index (χ1) is 12.6. The molecule has 2 saturated heterocycles. The molecule has 2 unspecified atom stereocenters. The van der Waals surface area contributed by atoms with Crippen molar-refractivity contribution in [3.05, 3.63) is 30.3 Å². The fourth-order valence-corrected chi connectivity index (χ4v) is 8.72. The average molecular weight is 389 g/mol. The number of nitrogens with zero attached hydrogens (tertiary/aromatic N) is 1. The molecule has 4 fully saturated rings. The van der Waals surface area contributed by atoms with E-state index in [-0.39, 0.29) is 35.7 Å². The van der Waals surface area contributed by atoms with Crippen LogP contribution in [0.15, 0.2) is 30.3 Å². The molecule has 7 heteroatoms. The predicted molar refractivity (Wildman–Crippen MR) is 99.2 cm³/mol. The first-order valence-electron chi connectivity index (χ1n) is 9.46. The van der Waals surface area contributed by atoms with Gasteiger partial charge in [0.2, 0.25) is 11.8 Å². The van der Waals surface area contributed by atoms with Gasteiger partial charge in [-0.15, -0.1) is 0 Å². The molecule has 2 amide bonds. The van der Waals surface area contributed by atoms with E-state index in [0.717, 1.165) is 0 Å². The van der Waals surface area contributed by atoms with Crippen molar-refractivity contribution in [1.29, 1.82) is 0 Å². The van der Waals surface area contributed by atoms with Crippen LogP contribution in [-0.2, 0) is 23.2 Å². The molecule has 0 N–H and O–H groups in total. The molecule has 0 radical (unpaired) electrons. The topological polar surface area (TPSA) is 72.9 Å². The van der Waals surface area contributed by atoms with Gasteiger partial charge in [-0.1, -0.05) is 39.0 Å². The van der Waals surface area contributed by atoms with E-state index < -0.39 is 30.7 Å². The smallest absolute Gasteiger partial charge is 0.308 e. The third-order valence-electron chi connectivity index (χ3n) is 6.50. The Hall–Kier alpha value is -1.49. The maximum atomic E-state index is 13.6. The van der Waals surface area contributed by atoms with E-state index >= 15 is 0 Å². The normalized spacial score (nSPS) is 44.6. The summed E-state index contributed by atoms with van der Waals surface area (Å²) >= 11 is 0. The molecule has 2 heterocycles. The van der Waals surface area contributed by atoms with Gasteiger partial charge in [0.1, 0.15) is 0 Å². The van der Waals surface area contributed by atoms with E-state index in [1.165, 1.54) is 4.90 Å². The number of carbonyl (C=O) groups excluding carboxylic acids is 2. The summed E-state index contributed by atoms with van der Waals surface area (Å²) < 4.78 is 25.4. The van der Waals surface area contributed by atoms with Crippen molar-refractivity contribution in [1.82, 2.24) is 0 Å². The van der Waals surface area contributed by atoms with Crippen LogP contribution in [0.1, 0.15) is 27.7 Å². The second-order valence-electron chi connectivity index (χ2n) is 9.59. The largest absolute Gasteiger partial charge is 0.335 e. The van der Waals surface area contributed by atoms with Gasteiger partial charge >= 0.3 is 7.60 Å². The van der Waals surface area contributed by atoms with E-state index in [1.54, 1.807) is 24.3 Å². The van der Waals surface area contributed by atoms with Gasteiger partial charge in [0.05, 0.1) is 35.4 Å². The predicted octanol–water partition coefficient (Wildman–Crippen LogP) is 3.47. The summed E-state index contributed by atoms with van der Waals surface area (Å²) in [6.45, 7) is 8.20. The van der Waals surface area contributed by atoms with Crippen LogP contribution in [0.5, 0.6) is 0 Å². The quantitative estimate of drug-likeness (QED) is 0.585. The molecule has 2 aliphatic heterocycles. The first kappa shape index (κ1) is 17.6. The highest BCUT2D eigenvalue weighted by Crippen LogP contribution is 2.86. The van der Waals surface area contributed by atoms with E-state index in [9.17, 15) is 14.2 Å². The van der Waals surface area contributed by atoms with Gasteiger partial charge in [-0.2, -0.15) is 0 Å². The number of para-hydroxylation sites is 1. The average Bonchev–Trinajstić information content (AvgIpc) is 2.87. The molecule has 144 valence electrons. The Kier molecular flexibility index (Phi) is 3.33. The lowest BCUT2D eigenvalue weighted by atomic mass is 9.90. The summed E-state index contributed by atoms with van der Waals surface area (Å²) in [7, 11) is -3.46. The highest BCUT2D eigenvalue weighted by molar-refractivity contribution is 7.55. The number of anilines is 1. The van der Waals surface area contributed by atoms with Crippen LogP contribution in [0.2, 0.25) is 0 Å². The van der Waals surface area contributed by atoms with Gasteiger partial charge in [0.25, 0.3) is 0 Å². The Morgan fingerprint density at radius 1 is 1.11 bits per heavy atom. The lowest BCUT2D eigenvalue weighted by Crippen LogP contribution is -2.34. The van der Waals surface area contributed by atoms with Crippen LogP contribution < -0.4 is 4.90 Å². The van der Waals surface area contributed by atoms with Crippen molar-refractivity contribution < 1.29 is 23.2 Å². The van der Waals surface area contributed by atoms with Crippen LogP contribution >= 0.6 is 7.60 Å². The van der Waals surface area contributed by atoms with Crippen molar-refractivity contribution in [2.45, 2.75) is 39.0 Å². The summed E-state index contributed by atoms with van der Waals surface area (Å²) in [5.74, 6) is -1.57. The van der Waals surface area contributed by atoms with E-state index in [1.807, 2.05) is 33.8 Å². The molecule has 2 aliphatic carbocycles. The molecule has 1 aromatic carbocycles. The van der Waals surface area contributed by atoms with Gasteiger partial charge in [-0.3, -0.25) is 19.1 Å². The third kappa shape index (κ3) is 2.18. The SMILES string of the molecule is CC(C)(C)CO[P@@]1(=O)OC2(C)C3[C@H]4C(=O)N(c5ccccc5)C(=O)[C@H]4[C@H]1[C@@H]32. The number of amides is 2. The Bertz CT molecular complexity index is 893. The summed E-state index contributed by atoms with van der Waals surface area (Å²) in [6, 6.07) is 8.97. The van der Waals surface area contributed by atoms with E-state index in [4.69, 9.17) is 9.05 Å². The maximum Gasteiger partial charge on any atom is 0.335 e. The van der Waals surface area contributed by atoms with E-state index in [2.05, 4.69) is 0 Å². The molecule has 0 aromatic heterocycles. The van der Waals surface area contributed by atoms with Gasteiger partial charge in [-0.25, -0.2) is 0 Å². The van der Waals surface area contributed by atoms with Crippen LogP contribution in [0, 0.1) is 29.1 Å². The molecule has 6 nitrogen and oxygen atoms in total. The highest BCUT2D eigenvalue weighted by atomic mass is 31.2. The zero-order valence-corrected chi connectivity index (χ0v) is 16.8. The lowest BCUT2D eigenvalue weighted by molar-refractivity contribution is -0.123. The molecule has 2 saturated carbocycles. The summed E-state index contributed by atoms with van der Waals surface area (Å²) in [5, 5.41) is 0. The molecular formula is C20H24NO5P. The number of carbonyl (C=O) groups is 2. The molecular weight excluding hydrogens is 365 g/mol. The molecule has 0 spiro atoms. The number of hydrogen-bond donors (Lipinski definition) is 0. The standard InChI is InChI=1S/C20H24NO5P/c1-19(2,3)10-25-27(24)16-13-12(14-15(16)20(14,4)26-27)17(22)21(18(13)23)11-8-6-5-7-9-11/h5-9,12-16H,10H2,1-4H3/t12-,13+,14?,15+,16-,20?,27+/m0/s1. The van der Waals surface area contributed by atoms with Crippen molar-refractivity contribution >= 4 is 25.1 Å². The number of fused-ring (bicyclic) bond motifs is 4. The van der Waals surface area contributed by atoms with Crippen LogP contribution in [0.4, 0.5) is 5.69 Å². The fourth-order valence-electron chi connectivity index (χ4n) is 5.44. The zero-order valence-electron chi connectivity index (χ0n) is 15.9. The minimum Gasteiger partial charge on any atom is -0.308 e. The zero-order chi connectivity index (χ0) is 19.4. The number of rotatable bonds is 3. The Balaban J connectivity index is 1.51. The second-order valence-corrected chi connectivity index (χ2v) is 11.7. The second kappa shape index (κ2) is 5.11. The molecule has 4 aliphatic rings. The maximum absolute atomic E-state index is 13.6. The minimum atomic E-state index is -3.46. The van der Waals surface area contributed by atoms with Crippen molar-refractivity contribution in [2.75, 3.05) is 11.5 Å². The van der Waals surface area contributed by atoms with Gasteiger partial charge in [0.15, 0.2) is 0 Å². The van der Waals surface area contributed by atoms with Gasteiger partial charge < -0.3 is 9.05 Å². The van der Waals surface area contributed by atoms with Crippen molar-refractivity contribution in [2.24, 2.45) is 29.1 Å². The summed E-state index contributed by atoms with van der Waals surface area (Å²) in [6.07, 6.45) is 0. The third-order valence-corrected chi connectivity index (χ3v) is 9.01. The van der Waals surface area contributed by atoms with Crippen LogP contribution in [0.25, 0.3) is 0 Å². The van der Waals surface area contributed by atoms with E-state index in [0.29, 0.717) is 5.69 Å². The fraction of sp³-hybridized carbons (Fsp3) is 0.600. The summed E-state index contributed by atoms with van der Waals surface area (Å²) in [5.41, 5.74) is -0.712. The number of benzene rings is 1. The number of hydrogen-bond acceptors (Lipinski definition) is 5. The van der Waals surface area contributed by atoms with Crippen molar-refractivity contribution in [3.8, 4) is 0 Å². The van der Waals surface area contributed by atoms with Crippen molar-refractivity contribution in [3.63, 3.8) is 0 Å². The highest BCUT2D eigenvalue weighted by Gasteiger charge is 2.89. The summed E-state index contributed by atoms with van der Waals surface area (Å²) in [4.78, 5) is 27.6. The minimum absolute atomic E-state index is 0.0240.